The van der Waals surface area contributed by atoms with Gasteiger partial charge in [-0.2, -0.15) is 0 Å². The lowest BCUT2D eigenvalue weighted by Gasteiger charge is -2.28. The maximum atomic E-state index is 13.4. The number of rotatable bonds is 3. The molecule has 5 rings (SSSR count). The van der Waals surface area contributed by atoms with Gasteiger partial charge in [-0.1, -0.05) is 61.7 Å². The Bertz CT molecular complexity index is 1090. The zero-order valence-electron chi connectivity index (χ0n) is 16.5. The minimum absolute atomic E-state index is 0.121. The highest BCUT2D eigenvalue weighted by Crippen LogP contribution is 2.60. The normalized spacial score (nSPS) is 31.3. The van der Waals surface area contributed by atoms with Gasteiger partial charge in [-0.25, -0.2) is 4.90 Å². The lowest BCUT2D eigenvalue weighted by molar-refractivity contribution is -0.123. The summed E-state index contributed by atoms with van der Waals surface area (Å²) in [5.74, 6) is -1.22. The zero-order chi connectivity index (χ0) is 22.0. The summed E-state index contributed by atoms with van der Waals surface area (Å²) < 4.78 is 0. The molecule has 1 aliphatic heterocycles. The zero-order valence-corrected chi connectivity index (χ0v) is 20.4. The van der Waals surface area contributed by atoms with Crippen LogP contribution in [0.1, 0.15) is 22.3 Å². The van der Waals surface area contributed by atoms with Crippen LogP contribution in [-0.4, -0.2) is 27.4 Å². The van der Waals surface area contributed by atoms with Gasteiger partial charge in [0.15, 0.2) is 0 Å². The van der Waals surface area contributed by atoms with E-state index in [2.05, 4.69) is 37.2 Å². The molecule has 6 atom stereocenters. The molecular weight excluding hydrogens is 548 g/mol. The van der Waals surface area contributed by atoms with E-state index in [9.17, 15) is 14.4 Å². The molecule has 0 aromatic heterocycles. The van der Waals surface area contributed by atoms with E-state index in [-0.39, 0.29) is 50.7 Å². The standard InChI is InChI=1S/C23H19Br2ClN2O3/c1-10-6-7-11(26)8-15(10)27-21(29)12-4-2-3-5-16(12)28-22(30)17-13-9-14(18(17)23(28)31)20(25)19(13)24/h2-8,13-14,17-20H,9H2,1H3,(H,27,29)/t13-,14-,17-,18-,19+,20+/m1/s1. The number of nitrogens with one attached hydrogen (secondary N) is 1. The van der Waals surface area contributed by atoms with Crippen LogP contribution in [0.25, 0.3) is 0 Å². The van der Waals surface area contributed by atoms with Crippen LogP contribution in [0.2, 0.25) is 5.02 Å². The highest BCUT2D eigenvalue weighted by atomic mass is 79.9. The van der Waals surface area contributed by atoms with Crippen LogP contribution >= 0.6 is 43.5 Å². The number of para-hydroxylation sites is 1. The molecular formula is C23H19Br2ClN2O3. The van der Waals surface area contributed by atoms with Gasteiger partial charge in [-0.3, -0.25) is 14.4 Å². The monoisotopic (exact) mass is 564 g/mol. The van der Waals surface area contributed by atoms with Crippen molar-refractivity contribution in [3.05, 3.63) is 58.6 Å². The number of fused-ring (bicyclic) bond motifs is 5. The van der Waals surface area contributed by atoms with E-state index in [0.29, 0.717) is 16.4 Å². The van der Waals surface area contributed by atoms with Crippen LogP contribution in [0.4, 0.5) is 11.4 Å². The molecule has 160 valence electrons. The minimum atomic E-state index is -0.390. The Morgan fingerprint density at radius 3 is 2.29 bits per heavy atom. The van der Waals surface area contributed by atoms with Crippen molar-refractivity contribution in [2.75, 3.05) is 10.2 Å². The second-order valence-corrected chi connectivity index (χ2v) is 11.0. The summed E-state index contributed by atoms with van der Waals surface area (Å²) in [4.78, 5) is 41.5. The molecule has 0 spiro atoms. The Morgan fingerprint density at radius 2 is 1.65 bits per heavy atom. The predicted octanol–water partition coefficient (Wildman–Crippen LogP) is 5.18. The predicted molar refractivity (Wildman–Crippen MR) is 127 cm³/mol. The molecule has 31 heavy (non-hydrogen) atoms. The molecule has 3 fully saturated rings. The quantitative estimate of drug-likeness (QED) is 0.411. The fourth-order valence-corrected chi connectivity index (χ4v) is 7.41. The van der Waals surface area contributed by atoms with Crippen LogP contribution in [0, 0.1) is 30.6 Å². The topological polar surface area (TPSA) is 66.5 Å². The van der Waals surface area contributed by atoms with Gasteiger partial charge < -0.3 is 5.32 Å². The van der Waals surface area contributed by atoms with Gasteiger partial charge in [-0.05, 0) is 55.0 Å². The fourth-order valence-electron chi connectivity index (χ4n) is 5.37. The van der Waals surface area contributed by atoms with Crippen molar-refractivity contribution in [1.82, 2.24) is 0 Å². The number of halogens is 3. The fraction of sp³-hybridized carbons (Fsp3) is 0.348. The van der Waals surface area contributed by atoms with E-state index in [4.69, 9.17) is 11.6 Å². The number of anilines is 2. The summed E-state index contributed by atoms with van der Waals surface area (Å²) in [6.07, 6.45) is 0.864. The summed E-state index contributed by atoms with van der Waals surface area (Å²) in [5, 5.41) is 3.38. The van der Waals surface area contributed by atoms with Crippen molar-refractivity contribution in [2.24, 2.45) is 23.7 Å². The molecule has 2 bridgehead atoms. The van der Waals surface area contributed by atoms with Crippen LogP contribution in [-0.2, 0) is 9.59 Å². The Balaban J connectivity index is 1.49. The van der Waals surface area contributed by atoms with Crippen molar-refractivity contribution in [2.45, 2.75) is 23.0 Å². The number of hydrogen-bond acceptors (Lipinski definition) is 3. The van der Waals surface area contributed by atoms with E-state index < -0.39 is 5.91 Å². The molecule has 2 saturated carbocycles. The van der Waals surface area contributed by atoms with Gasteiger partial charge in [0.2, 0.25) is 11.8 Å². The van der Waals surface area contributed by atoms with E-state index in [0.717, 1.165) is 12.0 Å². The first-order valence-electron chi connectivity index (χ1n) is 10.1. The highest BCUT2D eigenvalue weighted by molar-refractivity contribution is 9.12. The Hall–Kier alpha value is -1.70. The first kappa shape index (κ1) is 21.2. The Labute approximate surface area is 201 Å². The highest BCUT2D eigenvalue weighted by Gasteiger charge is 2.66. The van der Waals surface area contributed by atoms with Crippen LogP contribution < -0.4 is 10.2 Å². The van der Waals surface area contributed by atoms with E-state index in [1.54, 1.807) is 36.4 Å². The number of aryl methyl sites for hydroxylation is 1. The van der Waals surface area contributed by atoms with Gasteiger partial charge >= 0.3 is 0 Å². The van der Waals surface area contributed by atoms with Crippen LogP contribution in [0.3, 0.4) is 0 Å². The molecule has 1 saturated heterocycles. The second-order valence-electron chi connectivity index (χ2n) is 8.45. The van der Waals surface area contributed by atoms with Crippen molar-refractivity contribution in [1.29, 1.82) is 0 Å². The Kier molecular flexibility index (Phi) is 5.26. The molecule has 2 aromatic carbocycles. The van der Waals surface area contributed by atoms with E-state index in [1.807, 2.05) is 13.0 Å². The van der Waals surface area contributed by atoms with Crippen molar-refractivity contribution in [3.63, 3.8) is 0 Å². The molecule has 1 heterocycles. The average molecular weight is 567 g/mol. The third kappa shape index (κ3) is 3.19. The minimum Gasteiger partial charge on any atom is -0.322 e. The number of hydrogen-bond donors (Lipinski definition) is 1. The average Bonchev–Trinajstić information content (AvgIpc) is 3.35. The number of imide groups is 1. The summed E-state index contributed by atoms with van der Waals surface area (Å²) in [6.45, 7) is 1.87. The number of nitrogens with zero attached hydrogens (tertiary/aromatic N) is 1. The third-order valence-electron chi connectivity index (χ3n) is 6.82. The number of carbonyl (C=O) groups is 3. The molecule has 3 aliphatic rings. The van der Waals surface area contributed by atoms with E-state index >= 15 is 0 Å². The molecule has 3 amide bonds. The van der Waals surface area contributed by atoms with Gasteiger partial charge in [-0.15, -0.1) is 0 Å². The second kappa shape index (κ2) is 7.71. The largest absolute Gasteiger partial charge is 0.322 e. The van der Waals surface area contributed by atoms with Crippen molar-refractivity contribution >= 4 is 72.6 Å². The Morgan fingerprint density at radius 1 is 1.03 bits per heavy atom. The number of alkyl halides is 2. The van der Waals surface area contributed by atoms with Crippen LogP contribution in [0.5, 0.6) is 0 Å². The van der Waals surface area contributed by atoms with Crippen molar-refractivity contribution in [3.8, 4) is 0 Å². The first-order valence-corrected chi connectivity index (χ1v) is 12.3. The number of benzene rings is 2. The van der Waals surface area contributed by atoms with E-state index in [1.165, 1.54) is 4.90 Å². The summed E-state index contributed by atoms with van der Waals surface area (Å²) in [6, 6.07) is 12.0. The molecule has 1 N–H and O–H groups in total. The van der Waals surface area contributed by atoms with Crippen LogP contribution in [0.15, 0.2) is 42.5 Å². The third-order valence-corrected chi connectivity index (χ3v) is 10.3. The maximum absolute atomic E-state index is 13.4. The van der Waals surface area contributed by atoms with Gasteiger partial charge in [0.05, 0.1) is 23.1 Å². The van der Waals surface area contributed by atoms with Gasteiger partial charge in [0.1, 0.15) is 0 Å². The SMILES string of the molecule is Cc1ccc(Cl)cc1NC(=O)c1ccccc1N1C(=O)[C@@H]2[C@H]3C[C@@H]([C@H](Br)[C@H]3Br)[C@H]2C1=O. The molecule has 2 aromatic rings. The van der Waals surface area contributed by atoms with Crippen molar-refractivity contribution < 1.29 is 14.4 Å². The summed E-state index contributed by atoms with van der Waals surface area (Å²) >= 11 is 13.5. The molecule has 0 unspecified atom stereocenters. The van der Waals surface area contributed by atoms with Gasteiger partial charge in [0, 0.05) is 20.4 Å². The summed E-state index contributed by atoms with van der Waals surface area (Å²) in [7, 11) is 0. The molecule has 0 radical (unpaired) electrons. The first-order chi connectivity index (χ1) is 14.8. The molecule has 5 nitrogen and oxygen atoms in total. The molecule has 2 aliphatic carbocycles. The number of carbonyl (C=O) groups excluding carboxylic acids is 3. The maximum Gasteiger partial charge on any atom is 0.257 e. The number of amides is 3. The lowest BCUT2D eigenvalue weighted by Crippen LogP contribution is -2.37. The summed E-state index contributed by atoms with van der Waals surface area (Å²) in [5.41, 5.74) is 2.06. The smallest absolute Gasteiger partial charge is 0.257 e. The van der Waals surface area contributed by atoms with Gasteiger partial charge in [0.25, 0.3) is 5.91 Å². The lowest BCUT2D eigenvalue weighted by atomic mass is 9.81. The molecule has 8 heteroatoms.